The number of aromatic nitrogens is 1. The van der Waals surface area contributed by atoms with Crippen LogP contribution in [0.5, 0.6) is 5.75 Å². The zero-order chi connectivity index (χ0) is 14.8. The summed E-state index contributed by atoms with van der Waals surface area (Å²) in [7, 11) is 0. The van der Waals surface area contributed by atoms with Crippen LogP contribution in [-0.2, 0) is 6.42 Å². The van der Waals surface area contributed by atoms with Crippen molar-refractivity contribution in [3.8, 4) is 5.75 Å². The Morgan fingerprint density at radius 2 is 2.00 bits per heavy atom. The highest BCUT2D eigenvalue weighted by Crippen LogP contribution is 2.33. The molecule has 1 aromatic heterocycles. The Morgan fingerprint density at radius 1 is 1.25 bits per heavy atom. The van der Waals surface area contributed by atoms with Crippen molar-refractivity contribution >= 4 is 16.6 Å². The number of rotatable bonds is 4. The van der Waals surface area contributed by atoms with E-state index in [1.54, 1.807) is 6.07 Å². The Morgan fingerprint density at radius 3 is 2.60 bits per heavy atom. The first-order valence-electron chi connectivity index (χ1n) is 6.37. The number of halogens is 3. The zero-order valence-corrected chi connectivity index (χ0v) is 11.2. The average molecular weight is 284 g/mol. The average Bonchev–Trinajstić information content (AvgIpc) is 2.38. The van der Waals surface area contributed by atoms with Gasteiger partial charge in [0.25, 0.3) is 0 Å². The maximum atomic E-state index is 12.4. The maximum absolute atomic E-state index is 12.4. The van der Waals surface area contributed by atoms with Crippen molar-refractivity contribution in [3.05, 3.63) is 30.0 Å². The maximum Gasteiger partial charge on any atom is 0.573 e. The van der Waals surface area contributed by atoms with Gasteiger partial charge in [-0.2, -0.15) is 0 Å². The van der Waals surface area contributed by atoms with Gasteiger partial charge in [0.2, 0.25) is 0 Å². The lowest BCUT2D eigenvalue weighted by atomic mass is 10.1. The van der Waals surface area contributed by atoms with Gasteiger partial charge in [0.05, 0.1) is 0 Å². The Balaban J connectivity index is 2.63. The van der Waals surface area contributed by atoms with Crippen molar-refractivity contribution in [3.63, 3.8) is 0 Å². The quantitative estimate of drug-likeness (QED) is 0.916. The molecular weight excluding hydrogens is 269 g/mol. The van der Waals surface area contributed by atoms with E-state index in [1.807, 2.05) is 19.9 Å². The summed E-state index contributed by atoms with van der Waals surface area (Å²) in [6.45, 7) is 4.50. The molecule has 0 unspecified atom stereocenters. The minimum Gasteiger partial charge on any atom is -0.403 e. The van der Waals surface area contributed by atoms with Crippen molar-refractivity contribution in [2.24, 2.45) is 0 Å². The third-order valence-electron chi connectivity index (χ3n) is 2.81. The van der Waals surface area contributed by atoms with Crippen LogP contribution in [0.25, 0.3) is 10.9 Å². The Bertz CT molecular complexity index is 611. The standard InChI is InChI=1S/C14H15F3N2O/c1-3-9-8-11(18-4-2)10-6-5-7-12(13(10)19-9)20-14(15,16)17/h5-8H,3-4H2,1-2H3,(H,18,19). The molecule has 0 fully saturated rings. The van der Waals surface area contributed by atoms with Crippen LogP contribution >= 0.6 is 0 Å². The summed E-state index contributed by atoms with van der Waals surface area (Å²) in [4.78, 5) is 4.26. The first-order chi connectivity index (χ1) is 9.44. The van der Waals surface area contributed by atoms with Crippen LogP contribution in [0.15, 0.2) is 24.3 Å². The van der Waals surface area contributed by atoms with E-state index in [0.29, 0.717) is 24.0 Å². The number of benzene rings is 1. The molecule has 0 saturated heterocycles. The topological polar surface area (TPSA) is 34.2 Å². The van der Waals surface area contributed by atoms with E-state index in [9.17, 15) is 13.2 Å². The fraction of sp³-hybridized carbons (Fsp3) is 0.357. The molecule has 20 heavy (non-hydrogen) atoms. The minimum atomic E-state index is -4.73. The van der Waals surface area contributed by atoms with Crippen molar-refractivity contribution in [2.45, 2.75) is 26.6 Å². The normalized spacial score (nSPS) is 11.7. The number of alkyl halides is 3. The first-order valence-corrected chi connectivity index (χ1v) is 6.37. The molecular formula is C14H15F3N2O. The van der Waals surface area contributed by atoms with E-state index in [2.05, 4.69) is 15.0 Å². The first kappa shape index (κ1) is 14.4. The molecule has 0 radical (unpaired) electrons. The van der Waals surface area contributed by atoms with Crippen molar-refractivity contribution in [1.29, 1.82) is 0 Å². The molecule has 0 bridgehead atoms. The van der Waals surface area contributed by atoms with Gasteiger partial charge in [-0.3, -0.25) is 0 Å². The molecule has 0 spiro atoms. The lowest BCUT2D eigenvalue weighted by molar-refractivity contribution is -0.274. The molecule has 2 rings (SSSR count). The van der Waals surface area contributed by atoms with Gasteiger partial charge in [-0.15, -0.1) is 13.2 Å². The second kappa shape index (κ2) is 5.56. The van der Waals surface area contributed by atoms with Crippen LogP contribution in [0.1, 0.15) is 19.5 Å². The van der Waals surface area contributed by atoms with Crippen LogP contribution in [0.4, 0.5) is 18.9 Å². The summed E-state index contributed by atoms with van der Waals surface area (Å²) in [6.07, 6.45) is -4.09. The summed E-state index contributed by atoms with van der Waals surface area (Å²) in [5, 5.41) is 3.75. The predicted octanol–water partition coefficient (Wildman–Crippen LogP) is 4.13. The van der Waals surface area contributed by atoms with Crippen LogP contribution in [-0.4, -0.2) is 17.9 Å². The van der Waals surface area contributed by atoms with E-state index in [-0.39, 0.29) is 11.3 Å². The smallest absolute Gasteiger partial charge is 0.403 e. The zero-order valence-electron chi connectivity index (χ0n) is 11.2. The van der Waals surface area contributed by atoms with Crippen molar-refractivity contribution < 1.29 is 17.9 Å². The largest absolute Gasteiger partial charge is 0.573 e. The van der Waals surface area contributed by atoms with Crippen LogP contribution in [0.2, 0.25) is 0 Å². The molecule has 0 atom stereocenters. The van der Waals surface area contributed by atoms with Gasteiger partial charge >= 0.3 is 6.36 Å². The number of nitrogens with zero attached hydrogens (tertiary/aromatic N) is 1. The molecule has 1 N–H and O–H groups in total. The van der Waals surface area contributed by atoms with E-state index < -0.39 is 6.36 Å². The van der Waals surface area contributed by atoms with Gasteiger partial charge < -0.3 is 10.1 Å². The highest BCUT2D eigenvalue weighted by molar-refractivity contribution is 5.95. The molecule has 0 aliphatic rings. The lowest BCUT2D eigenvalue weighted by Crippen LogP contribution is -2.17. The second-order valence-electron chi connectivity index (χ2n) is 4.25. The molecule has 1 aromatic carbocycles. The monoisotopic (exact) mass is 284 g/mol. The van der Waals surface area contributed by atoms with Gasteiger partial charge in [0.15, 0.2) is 5.75 Å². The number of nitrogens with one attached hydrogen (secondary N) is 1. The van der Waals surface area contributed by atoms with Gasteiger partial charge in [0.1, 0.15) is 5.52 Å². The van der Waals surface area contributed by atoms with E-state index in [1.165, 1.54) is 12.1 Å². The number of fused-ring (bicyclic) bond motifs is 1. The number of ether oxygens (including phenoxy) is 1. The predicted molar refractivity (Wildman–Crippen MR) is 72.0 cm³/mol. The number of anilines is 1. The third-order valence-corrected chi connectivity index (χ3v) is 2.81. The van der Waals surface area contributed by atoms with Crippen molar-refractivity contribution in [2.75, 3.05) is 11.9 Å². The molecule has 6 heteroatoms. The van der Waals surface area contributed by atoms with Gasteiger partial charge in [0, 0.05) is 23.3 Å². The molecule has 2 aromatic rings. The van der Waals surface area contributed by atoms with E-state index in [4.69, 9.17) is 0 Å². The van der Waals surface area contributed by atoms with E-state index in [0.717, 1.165) is 5.69 Å². The Kier molecular flexibility index (Phi) is 4.01. The van der Waals surface area contributed by atoms with Gasteiger partial charge in [-0.1, -0.05) is 19.1 Å². The van der Waals surface area contributed by atoms with Gasteiger partial charge in [-0.25, -0.2) is 4.98 Å². The summed E-state index contributed by atoms with van der Waals surface area (Å²) in [5.74, 6) is -0.274. The number of hydrogen-bond donors (Lipinski definition) is 1. The molecule has 0 aliphatic carbocycles. The SMILES string of the molecule is CCNc1cc(CC)nc2c(OC(F)(F)F)cccc12. The van der Waals surface area contributed by atoms with Gasteiger partial charge in [-0.05, 0) is 25.5 Å². The number of para-hydroxylation sites is 1. The Labute approximate surface area is 114 Å². The molecule has 0 saturated carbocycles. The molecule has 1 heterocycles. The van der Waals surface area contributed by atoms with Crippen LogP contribution in [0, 0.1) is 0 Å². The fourth-order valence-corrected chi connectivity index (χ4v) is 2.00. The lowest BCUT2D eigenvalue weighted by Gasteiger charge is -2.14. The number of hydrogen-bond acceptors (Lipinski definition) is 3. The summed E-state index contributed by atoms with van der Waals surface area (Å²) >= 11 is 0. The minimum absolute atomic E-state index is 0.222. The highest BCUT2D eigenvalue weighted by atomic mass is 19.4. The number of aryl methyl sites for hydroxylation is 1. The fourth-order valence-electron chi connectivity index (χ4n) is 2.00. The summed E-state index contributed by atoms with van der Waals surface area (Å²) in [5.41, 5.74) is 1.70. The highest BCUT2D eigenvalue weighted by Gasteiger charge is 2.32. The third kappa shape index (κ3) is 3.12. The molecule has 3 nitrogen and oxygen atoms in total. The second-order valence-corrected chi connectivity index (χ2v) is 4.25. The summed E-state index contributed by atoms with van der Waals surface area (Å²) < 4.78 is 41.4. The van der Waals surface area contributed by atoms with Crippen LogP contribution < -0.4 is 10.1 Å². The van der Waals surface area contributed by atoms with E-state index >= 15 is 0 Å². The molecule has 0 amide bonds. The molecule has 0 aliphatic heterocycles. The Hall–Kier alpha value is -1.98. The summed E-state index contributed by atoms with van der Waals surface area (Å²) in [6, 6.07) is 6.38. The number of pyridine rings is 1. The molecule has 108 valence electrons. The van der Waals surface area contributed by atoms with Crippen LogP contribution in [0.3, 0.4) is 0 Å². The van der Waals surface area contributed by atoms with Crippen molar-refractivity contribution in [1.82, 2.24) is 4.98 Å².